The molecule has 0 radical (unpaired) electrons. The van der Waals surface area contributed by atoms with Crippen molar-refractivity contribution < 1.29 is 18.9 Å². The quantitative estimate of drug-likeness (QED) is 0.747. The first-order valence-electron chi connectivity index (χ1n) is 8.87. The van der Waals surface area contributed by atoms with Gasteiger partial charge in [-0.3, -0.25) is 4.90 Å². The molecule has 0 aliphatic carbocycles. The predicted molar refractivity (Wildman–Crippen MR) is 101 cm³/mol. The SMILES string of the molecule is COc1ccc(C2CCCN2Cc2cc(OC)c(OC)c(OC)c2)cc1. The van der Waals surface area contributed by atoms with Crippen LogP contribution >= 0.6 is 0 Å². The standard InChI is InChI=1S/C21H27NO4/c1-23-17-9-7-16(8-10-17)18-6-5-11-22(18)14-15-12-19(24-2)21(26-4)20(13-15)25-3/h7-10,12-13,18H,5-6,11,14H2,1-4H3. The highest BCUT2D eigenvalue weighted by atomic mass is 16.5. The second-order valence-electron chi connectivity index (χ2n) is 6.44. The Hall–Kier alpha value is -2.40. The highest BCUT2D eigenvalue weighted by Gasteiger charge is 2.26. The molecule has 5 nitrogen and oxygen atoms in total. The Morgan fingerprint density at radius 3 is 2.08 bits per heavy atom. The molecule has 1 unspecified atom stereocenters. The maximum absolute atomic E-state index is 5.48. The molecule has 0 saturated carbocycles. The molecule has 2 aromatic carbocycles. The van der Waals surface area contributed by atoms with Crippen LogP contribution in [0.2, 0.25) is 0 Å². The highest BCUT2D eigenvalue weighted by Crippen LogP contribution is 2.40. The zero-order valence-electron chi connectivity index (χ0n) is 16.0. The summed E-state index contributed by atoms with van der Waals surface area (Å²) in [7, 11) is 6.62. The van der Waals surface area contributed by atoms with E-state index >= 15 is 0 Å². The van der Waals surface area contributed by atoms with Crippen molar-refractivity contribution in [1.29, 1.82) is 0 Å². The molecule has 2 aromatic rings. The van der Waals surface area contributed by atoms with Gasteiger partial charge >= 0.3 is 0 Å². The minimum absolute atomic E-state index is 0.417. The Morgan fingerprint density at radius 2 is 1.54 bits per heavy atom. The monoisotopic (exact) mass is 357 g/mol. The maximum Gasteiger partial charge on any atom is 0.203 e. The number of hydrogen-bond acceptors (Lipinski definition) is 5. The number of methoxy groups -OCH3 is 4. The van der Waals surface area contributed by atoms with Gasteiger partial charge in [-0.15, -0.1) is 0 Å². The van der Waals surface area contributed by atoms with Gasteiger partial charge < -0.3 is 18.9 Å². The summed E-state index contributed by atoms with van der Waals surface area (Å²) < 4.78 is 21.7. The second-order valence-corrected chi connectivity index (χ2v) is 6.44. The summed E-state index contributed by atoms with van der Waals surface area (Å²) in [5.41, 5.74) is 2.48. The van der Waals surface area contributed by atoms with Crippen molar-refractivity contribution in [3.8, 4) is 23.0 Å². The summed E-state index contributed by atoms with van der Waals surface area (Å²) in [6.45, 7) is 1.92. The lowest BCUT2D eigenvalue weighted by atomic mass is 10.0. The van der Waals surface area contributed by atoms with Gasteiger partial charge in [0.2, 0.25) is 5.75 Å². The average molecular weight is 357 g/mol. The summed E-state index contributed by atoms with van der Waals surface area (Å²) >= 11 is 0. The molecule has 0 amide bonds. The lowest BCUT2D eigenvalue weighted by Crippen LogP contribution is -2.22. The molecule has 0 aromatic heterocycles. The molecule has 26 heavy (non-hydrogen) atoms. The Bertz CT molecular complexity index is 704. The van der Waals surface area contributed by atoms with Crippen LogP contribution in [-0.4, -0.2) is 39.9 Å². The molecular formula is C21H27NO4. The zero-order chi connectivity index (χ0) is 18.5. The molecule has 0 N–H and O–H groups in total. The second kappa shape index (κ2) is 8.32. The lowest BCUT2D eigenvalue weighted by Gasteiger charge is -2.25. The first kappa shape index (κ1) is 18.4. The summed E-state index contributed by atoms with van der Waals surface area (Å²) in [5.74, 6) is 2.92. The molecular weight excluding hydrogens is 330 g/mol. The molecule has 1 heterocycles. The van der Waals surface area contributed by atoms with Crippen LogP contribution in [0.25, 0.3) is 0 Å². The normalized spacial score (nSPS) is 17.2. The number of likely N-dealkylation sites (tertiary alicyclic amines) is 1. The van der Waals surface area contributed by atoms with Gasteiger partial charge in [0.25, 0.3) is 0 Å². The summed E-state index contributed by atoms with van der Waals surface area (Å²) in [6.07, 6.45) is 2.36. The molecule has 1 aliphatic heterocycles. The van der Waals surface area contributed by atoms with E-state index < -0.39 is 0 Å². The van der Waals surface area contributed by atoms with Gasteiger partial charge in [0.15, 0.2) is 11.5 Å². The fourth-order valence-electron chi connectivity index (χ4n) is 3.68. The first-order chi connectivity index (χ1) is 12.7. The Labute approximate surface area is 155 Å². The van der Waals surface area contributed by atoms with Crippen LogP contribution in [0.4, 0.5) is 0 Å². The average Bonchev–Trinajstić information content (AvgIpc) is 3.15. The van der Waals surface area contributed by atoms with Crippen molar-refractivity contribution >= 4 is 0 Å². The van der Waals surface area contributed by atoms with Gasteiger partial charge in [-0.05, 0) is 54.8 Å². The number of hydrogen-bond donors (Lipinski definition) is 0. The number of rotatable bonds is 7. The van der Waals surface area contributed by atoms with Gasteiger partial charge in [-0.25, -0.2) is 0 Å². The van der Waals surface area contributed by atoms with Crippen molar-refractivity contribution in [2.75, 3.05) is 35.0 Å². The van der Waals surface area contributed by atoms with E-state index in [1.807, 2.05) is 24.3 Å². The molecule has 1 aliphatic rings. The first-order valence-corrected chi connectivity index (χ1v) is 8.87. The van der Waals surface area contributed by atoms with Crippen molar-refractivity contribution in [3.05, 3.63) is 47.5 Å². The molecule has 140 valence electrons. The fraction of sp³-hybridized carbons (Fsp3) is 0.429. The molecule has 1 fully saturated rings. The van der Waals surface area contributed by atoms with Crippen molar-refractivity contribution in [2.24, 2.45) is 0 Å². The van der Waals surface area contributed by atoms with E-state index in [-0.39, 0.29) is 0 Å². The largest absolute Gasteiger partial charge is 0.497 e. The van der Waals surface area contributed by atoms with Gasteiger partial charge in [-0.1, -0.05) is 12.1 Å². The third kappa shape index (κ3) is 3.73. The van der Waals surface area contributed by atoms with Crippen LogP contribution in [0.1, 0.15) is 30.0 Å². The topological polar surface area (TPSA) is 40.2 Å². The van der Waals surface area contributed by atoms with E-state index in [1.165, 1.54) is 12.0 Å². The van der Waals surface area contributed by atoms with E-state index in [1.54, 1.807) is 28.4 Å². The van der Waals surface area contributed by atoms with Crippen LogP contribution in [0.5, 0.6) is 23.0 Å². The lowest BCUT2D eigenvalue weighted by molar-refractivity contribution is 0.247. The van der Waals surface area contributed by atoms with E-state index in [0.717, 1.165) is 30.8 Å². The van der Waals surface area contributed by atoms with Gasteiger partial charge in [-0.2, -0.15) is 0 Å². The summed E-state index contributed by atoms with van der Waals surface area (Å²) in [4.78, 5) is 2.50. The Kier molecular flexibility index (Phi) is 5.89. The molecule has 0 bridgehead atoms. The van der Waals surface area contributed by atoms with Crippen molar-refractivity contribution in [2.45, 2.75) is 25.4 Å². The van der Waals surface area contributed by atoms with Gasteiger partial charge in [0.05, 0.1) is 28.4 Å². The van der Waals surface area contributed by atoms with Crippen LogP contribution in [0, 0.1) is 0 Å². The molecule has 1 saturated heterocycles. The minimum atomic E-state index is 0.417. The van der Waals surface area contributed by atoms with Gasteiger partial charge in [0.1, 0.15) is 5.75 Å². The molecule has 0 spiro atoms. The zero-order valence-corrected chi connectivity index (χ0v) is 16.0. The Balaban J connectivity index is 1.82. The minimum Gasteiger partial charge on any atom is -0.497 e. The summed E-state index contributed by atoms with van der Waals surface area (Å²) in [6, 6.07) is 12.9. The third-order valence-corrected chi connectivity index (χ3v) is 4.97. The molecule has 1 atom stereocenters. The van der Waals surface area contributed by atoms with E-state index in [2.05, 4.69) is 17.0 Å². The predicted octanol–water partition coefficient (Wildman–Crippen LogP) is 4.06. The van der Waals surface area contributed by atoms with Crippen molar-refractivity contribution in [1.82, 2.24) is 4.90 Å². The van der Waals surface area contributed by atoms with Gasteiger partial charge in [0, 0.05) is 12.6 Å². The Morgan fingerprint density at radius 1 is 0.885 bits per heavy atom. The van der Waals surface area contributed by atoms with E-state index in [0.29, 0.717) is 23.3 Å². The maximum atomic E-state index is 5.48. The van der Waals surface area contributed by atoms with Crippen LogP contribution in [0.3, 0.4) is 0 Å². The molecule has 3 rings (SSSR count). The van der Waals surface area contributed by atoms with Crippen LogP contribution in [-0.2, 0) is 6.54 Å². The fourth-order valence-corrected chi connectivity index (χ4v) is 3.68. The molecule has 5 heteroatoms. The number of ether oxygens (including phenoxy) is 4. The van der Waals surface area contributed by atoms with E-state index in [4.69, 9.17) is 18.9 Å². The van der Waals surface area contributed by atoms with Crippen molar-refractivity contribution in [3.63, 3.8) is 0 Å². The summed E-state index contributed by atoms with van der Waals surface area (Å²) in [5, 5.41) is 0. The van der Waals surface area contributed by atoms with E-state index in [9.17, 15) is 0 Å². The van der Waals surface area contributed by atoms with Crippen LogP contribution in [0.15, 0.2) is 36.4 Å². The third-order valence-electron chi connectivity index (χ3n) is 4.97. The smallest absolute Gasteiger partial charge is 0.203 e. The number of nitrogens with zero attached hydrogens (tertiary/aromatic N) is 1. The van der Waals surface area contributed by atoms with Crippen LogP contribution < -0.4 is 18.9 Å². The highest BCUT2D eigenvalue weighted by molar-refractivity contribution is 5.53. The number of benzene rings is 2.